The lowest BCUT2D eigenvalue weighted by Gasteiger charge is -2.23. The van der Waals surface area contributed by atoms with Gasteiger partial charge in [0, 0.05) is 18.0 Å². The molecule has 2 N–H and O–H groups in total. The average molecular weight is 354 g/mol. The fraction of sp³-hybridized carbons (Fsp3) is 0.368. The highest BCUT2D eigenvalue weighted by atomic mass is 32.1. The van der Waals surface area contributed by atoms with Crippen LogP contribution in [0.5, 0.6) is 0 Å². The van der Waals surface area contributed by atoms with Crippen LogP contribution in [0.2, 0.25) is 0 Å². The summed E-state index contributed by atoms with van der Waals surface area (Å²) in [6.07, 6.45) is 2.16. The predicted octanol–water partition coefficient (Wildman–Crippen LogP) is 2.94. The van der Waals surface area contributed by atoms with Crippen molar-refractivity contribution in [1.29, 1.82) is 0 Å². The zero-order valence-electron chi connectivity index (χ0n) is 14.3. The van der Waals surface area contributed by atoms with Crippen LogP contribution in [0, 0.1) is 6.92 Å². The lowest BCUT2D eigenvalue weighted by Crippen LogP contribution is -2.45. The van der Waals surface area contributed by atoms with Gasteiger partial charge in [-0.2, -0.15) is 5.10 Å². The van der Waals surface area contributed by atoms with Crippen LogP contribution < -0.4 is 10.6 Å². The van der Waals surface area contributed by atoms with Gasteiger partial charge >= 0.3 is 0 Å². The Bertz CT molecular complexity index is 878. The standard InChI is InChI=1S/C19H22N4OS/c1-13-16-10-17(18(24)21-15-8-5-9-20-11-15)25-19(16)23(22-13)12-14-6-3-2-4-7-14/h2-4,6-7,10,15,20H,5,8-9,11-12H2,1H3,(H,21,24). The topological polar surface area (TPSA) is 59.0 Å². The fourth-order valence-corrected chi connectivity index (χ4v) is 4.38. The maximum atomic E-state index is 12.6. The van der Waals surface area contributed by atoms with Gasteiger partial charge in [0.25, 0.3) is 5.91 Å². The van der Waals surface area contributed by atoms with E-state index in [-0.39, 0.29) is 11.9 Å². The Kier molecular flexibility index (Phi) is 4.55. The molecule has 3 heterocycles. The summed E-state index contributed by atoms with van der Waals surface area (Å²) in [4.78, 5) is 14.4. The third-order valence-corrected chi connectivity index (χ3v) is 5.79. The number of amides is 1. The lowest BCUT2D eigenvalue weighted by atomic mass is 10.1. The summed E-state index contributed by atoms with van der Waals surface area (Å²) >= 11 is 1.53. The smallest absolute Gasteiger partial charge is 0.261 e. The van der Waals surface area contributed by atoms with E-state index in [9.17, 15) is 4.79 Å². The molecule has 1 atom stereocenters. The second kappa shape index (κ2) is 6.98. The Morgan fingerprint density at radius 3 is 3.00 bits per heavy atom. The molecule has 1 amide bonds. The van der Waals surface area contributed by atoms with Crippen molar-refractivity contribution in [2.45, 2.75) is 32.4 Å². The molecule has 1 unspecified atom stereocenters. The maximum absolute atomic E-state index is 12.6. The summed E-state index contributed by atoms with van der Waals surface area (Å²) < 4.78 is 2.00. The summed E-state index contributed by atoms with van der Waals surface area (Å²) in [6.45, 7) is 4.63. The number of piperidine rings is 1. The Balaban J connectivity index is 1.57. The van der Waals surface area contributed by atoms with E-state index in [0.717, 1.165) is 53.3 Å². The molecule has 3 aromatic rings. The van der Waals surface area contributed by atoms with Crippen LogP contribution >= 0.6 is 11.3 Å². The first-order valence-corrected chi connectivity index (χ1v) is 9.55. The Morgan fingerprint density at radius 1 is 1.40 bits per heavy atom. The molecule has 0 spiro atoms. The molecule has 1 aliphatic rings. The molecule has 4 rings (SSSR count). The van der Waals surface area contributed by atoms with Crippen LogP contribution in [0.15, 0.2) is 36.4 Å². The average Bonchev–Trinajstić information content (AvgIpc) is 3.19. The molecule has 0 aliphatic carbocycles. The van der Waals surface area contributed by atoms with Crippen molar-refractivity contribution in [2.24, 2.45) is 0 Å². The van der Waals surface area contributed by atoms with Crippen LogP contribution in [0.4, 0.5) is 0 Å². The van der Waals surface area contributed by atoms with Gasteiger partial charge in [-0.3, -0.25) is 9.48 Å². The Morgan fingerprint density at radius 2 is 2.24 bits per heavy atom. The molecule has 0 saturated carbocycles. The van der Waals surface area contributed by atoms with Gasteiger partial charge in [0.15, 0.2) is 0 Å². The molecule has 1 aromatic carbocycles. The van der Waals surface area contributed by atoms with E-state index < -0.39 is 0 Å². The van der Waals surface area contributed by atoms with Crippen molar-refractivity contribution in [3.8, 4) is 0 Å². The summed E-state index contributed by atoms with van der Waals surface area (Å²) in [6, 6.07) is 12.5. The summed E-state index contributed by atoms with van der Waals surface area (Å²) in [5.74, 6) is 0.0283. The summed E-state index contributed by atoms with van der Waals surface area (Å²) in [5, 5.41) is 12.2. The van der Waals surface area contributed by atoms with E-state index in [1.807, 2.05) is 35.9 Å². The monoisotopic (exact) mass is 354 g/mol. The van der Waals surface area contributed by atoms with Gasteiger partial charge in [-0.15, -0.1) is 11.3 Å². The predicted molar refractivity (Wildman–Crippen MR) is 101 cm³/mol. The van der Waals surface area contributed by atoms with Crippen molar-refractivity contribution in [1.82, 2.24) is 20.4 Å². The zero-order chi connectivity index (χ0) is 17.2. The van der Waals surface area contributed by atoms with Gasteiger partial charge in [-0.1, -0.05) is 30.3 Å². The number of nitrogens with zero attached hydrogens (tertiary/aromatic N) is 2. The van der Waals surface area contributed by atoms with Gasteiger partial charge in [0.2, 0.25) is 0 Å². The number of hydrogen-bond donors (Lipinski definition) is 2. The second-order valence-corrected chi connectivity index (χ2v) is 7.61. The molecular weight excluding hydrogens is 332 g/mol. The first-order chi connectivity index (χ1) is 12.2. The molecule has 2 aromatic heterocycles. The number of benzene rings is 1. The molecule has 25 heavy (non-hydrogen) atoms. The van der Waals surface area contributed by atoms with Crippen LogP contribution in [-0.2, 0) is 6.54 Å². The highest BCUT2D eigenvalue weighted by molar-refractivity contribution is 7.20. The Labute approximate surface area is 151 Å². The van der Waals surface area contributed by atoms with Crippen molar-refractivity contribution < 1.29 is 4.79 Å². The normalized spacial score (nSPS) is 17.7. The number of aromatic nitrogens is 2. The van der Waals surface area contributed by atoms with Crippen LogP contribution in [0.3, 0.4) is 0 Å². The van der Waals surface area contributed by atoms with Crippen LogP contribution in [0.25, 0.3) is 10.2 Å². The molecule has 1 aliphatic heterocycles. The maximum Gasteiger partial charge on any atom is 0.261 e. The molecule has 0 bridgehead atoms. The van der Waals surface area contributed by atoms with E-state index >= 15 is 0 Å². The SMILES string of the molecule is Cc1nn(Cc2ccccc2)c2sc(C(=O)NC3CCCNC3)cc12. The minimum atomic E-state index is 0.0283. The first kappa shape index (κ1) is 16.3. The number of aryl methyl sites for hydroxylation is 1. The minimum Gasteiger partial charge on any atom is -0.347 e. The largest absolute Gasteiger partial charge is 0.347 e. The van der Waals surface area contributed by atoms with E-state index in [1.165, 1.54) is 16.9 Å². The van der Waals surface area contributed by atoms with Crippen molar-refractivity contribution in [3.05, 3.63) is 52.5 Å². The minimum absolute atomic E-state index is 0.0283. The van der Waals surface area contributed by atoms with Gasteiger partial charge in [0.1, 0.15) is 4.83 Å². The van der Waals surface area contributed by atoms with Crippen LogP contribution in [0.1, 0.15) is 33.8 Å². The zero-order valence-corrected chi connectivity index (χ0v) is 15.1. The number of carbonyl (C=O) groups excluding carboxylic acids is 1. The highest BCUT2D eigenvalue weighted by Crippen LogP contribution is 2.29. The van der Waals surface area contributed by atoms with E-state index in [2.05, 4.69) is 27.9 Å². The lowest BCUT2D eigenvalue weighted by molar-refractivity contribution is 0.0935. The van der Waals surface area contributed by atoms with E-state index in [4.69, 9.17) is 0 Å². The van der Waals surface area contributed by atoms with Crippen molar-refractivity contribution >= 4 is 27.5 Å². The van der Waals surface area contributed by atoms with Crippen molar-refractivity contribution in [3.63, 3.8) is 0 Å². The third kappa shape index (κ3) is 3.45. The first-order valence-electron chi connectivity index (χ1n) is 8.73. The van der Waals surface area contributed by atoms with Crippen molar-refractivity contribution in [2.75, 3.05) is 13.1 Å². The molecule has 0 radical (unpaired) electrons. The molecule has 130 valence electrons. The number of nitrogens with one attached hydrogen (secondary N) is 2. The number of carbonyl (C=O) groups is 1. The molecular formula is C19H22N4OS. The highest BCUT2D eigenvalue weighted by Gasteiger charge is 2.20. The van der Waals surface area contributed by atoms with Gasteiger partial charge in [-0.05, 0) is 37.9 Å². The second-order valence-electron chi connectivity index (χ2n) is 6.57. The molecule has 5 nitrogen and oxygen atoms in total. The molecule has 6 heteroatoms. The quantitative estimate of drug-likeness (QED) is 0.757. The van der Waals surface area contributed by atoms with Gasteiger partial charge < -0.3 is 10.6 Å². The number of thiophene rings is 1. The number of fused-ring (bicyclic) bond motifs is 1. The Hall–Kier alpha value is -2.18. The molecule has 1 saturated heterocycles. The fourth-order valence-electron chi connectivity index (χ4n) is 3.32. The van der Waals surface area contributed by atoms with Gasteiger partial charge in [-0.25, -0.2) is 0 Å². The van der Waals surface area contributed by atoms with E-state index in [1.54, 1.807) is 0 Å². The number of hydrogen-bond acceptors (Lipinski definition) is 4. The van der Waals surface area contributed by atoms with Crippen LogP contribution in [-0.4, -0.2) is 34.8 Å². The summed E-state index contributed by atoms with van der Waals surface area (Å²) in [5.41, 5.74) is 2.18. The van der Waals surface area contributed by atoms with E-state index in [0.29, 0.717) is 0 Å². The van der Waals surface area contributed by atoms with Gasteiger partial charge in [0.05, 0.1) is 17.1 Å². The number of rotatable bonds is 4. The third-order valence-electron chi connectivity index (χ3n) is 4.64. The molecule has 1 fully saturated rings. The summed E-state index contributed by atoms with van der Waals surface area (Å²) in [7, 11) is 0.